The van der Waals surface area contributed by atoms with Crippen molar-refractivity contribution in [1.29, 1.82) is 0 Å². The molecule has 4 heteroatoms. The molecule has 0 aromatic heterocycles. The lowest BCUT2D eigenvalue weighted by Crippen LogP contribution is -2.10. The summed E-state index contributed by atoms with van der Waals surface area (Å²) in [5.41, 5.74) is 3.02. The van der Waals surface area contributed by atoms with E-state index in [0.29, 0.717) is 17.5 Å². The molecule has 0 amide bonds. The van der Waals surface area contributed by atoms with E-state index < -0.39 is 6.29 Å². The topological polar surface area (TPSA) is 55.8 Å². The Kier molecular flexibility index (Phi) is 5.30. The summed E-state index contributed by atoms with van der Waals surface area (Å²) in [7, 11) is 2.86. The molecule has 1 N–H and O–H groups in total. The van der Waals surface area contributed by atoms with Crippen LogP contribution in [0.25, 0.3) is 21.5 Å². The van der Waals surface area contributed by atoms with E-state index in [4.69, 9.17) is 9.47 Å². The third-order valence-electron chi connectivity index (χ3n) is 5.37. The molecule has 4 nitrogen and oxygen atoms in total. The summed E-state index contributed by atoms with van der Waals surface area (Å²) in [5, 5.41) is 14.6. The Morgan fingerprint density at radius 2 is 1.41 bits per heavy atom. The fourth-order valence-corrected chi connectivity index (χ4v) is 3.91. The lowest BCUT2D eigenvalue weighted by atomic mass is 9.89. The van der Waals surface area contributed by atoms with E-state index in [1.165, 1.54) is 14.2 Å². The molecule has 146 valence electrons. The molecule has 0 aliphatic carbocycles. The molecule has 1 unspecified atom stereocenters. The standard InChI is InChI=1S/C25H22O4/c1-28-24(26)20-13-11-16-7-3-5-9-18(16)22(20)15-23-19-10-6-4-8-17(19)12-14-21(23)25(27)29-2/h3-14,24,26H,15H2,1-2H3. The summed E-state index contributed by atoms with van der Waals surface area (Å²) in [5.74, 6) is -0.375. The van der Waals surface area contributed by atoms with E-state index in [0.717, 1.165) is 32.7 Å². The molecule has 0 heterocycles. The maximum Gasteiger partial charge on any atom is 0.338 e. The van der Waals surface area contributed by atoms with Crippen LogP contribution in [-0.4, -0.2) is 25.3 Å². The fraction of sp³-hybridized carbons (Fsp3) is 0.160. The van der Waals surface area contributed by atoms with Crippen molar-refractivity contribution in [3.63, 3.8) is 0 Å². The van der Waals surface area contributed by atoms with Gasteiger partial charge in [0, 0.05) is 12.7 Å². The molecule has 29 heavy (non-hydrogen) atoms. The van der Waals surface area contributed by atoms with Crippen LogP contribution in [0.3, 0.4) is 0 Å². The summed E-state index contributed by atoms with van der Waals surface area (Å²) in [4.78, 5) is 12.5. The molecule has 0 spiro atoms. The minimum Gasteiger partial charge on any atom is -0.465 e. The fourth-order valence-electron chi connectivity index (χ4n) is 3.91. The van der Waals surface area contributed by atoms with Crippen molar-refractivity contribution in [3.05, 3.63) is 95.1 Å². The van der Waals surface area contributed by atoms with Crippen LogP contribution in [0.4, 0.5) is 0 Å². The van der Waals surface area contributed by atoms with Gasteiger partial charge in [0.1, 0.15) is 0 Å². The van der Waals surface area contributed by atoms with Crippen molar-refractivity contribution < 1.29 is 19.4 Å². The molecule has 0 fully saturated rings. The van der Waals surface area contributed by atoms with Gasteiger partial charge in [-0.05, 0) is 45.2 Å². The molecule has 0 aliphatic rings. The van der Waals surface area contributed by atoms with Crippen LogP contribution in [0, 0.1) is 0 Å². The number of aliphatic hydroxyl groups is 1. The van der Waals surface area contributed by atoms with Crippen molar-refractivity contribution >= 4 is 27.5 Å². The van der Waals surface area contributed by atoms with Gasteiger partial charge in [0.15, 0.2) is 6.29 Å². The van der Waals surface area contributed by atoms with E-state index >= 15 is 0 Å². The first-order valence-corrected chi connectivity index (χ1v) is 9.44. The third kappa shape index (κ3) is 3.48. The van der Waals surface area contributed by atoms with Gasteiger partial charge < -0.3 is 14.6 Å². The molecular weight excluding hydrogens is 364 g/mol. The molecule has 0 radical (unpaired) electrons. The zero-order valence-electron chi connectivity index (χ0n) is 16.4. The predicted octanol–water partition coefficient (Wildman–Crippen LogP) is 5.01. The quantitative estimate of drug-likeness (QED) is 0.387. The summed E-state index contributed by atoms with van der Waals surface area (Å²) in [6.45, 7) is 0. The van der Waals surface area contributed by atoms with Gasteiger partial charge in [-0.2, -0.15) is 0 Å². The Hall–Kier alpha value is -3.21. The van der Waals surface area contributed by atoms with Crippen molar-refractivity contribution in [2.24, 2.45) is 0 Å². The second kappa shape index (κ2) is 8.03. The summed E-state index contributed by atoms with van der Waals surface area (Å²) in [6, 6.07) is 23.6. The van der Waals surface area contributed by atoms with Crippen LogP contribution < -0.4 is 0 Å². The van der Waals surface area contributed by atoms with Gasteiger partial charge in [0.05, 0.1) is 12.7 Å². The van der Waals surface area contributed by atoms with E-state index in [9.17, 15) is 9.90 Å². The van der Waals surface area contributed by atoms with E-state index in [1.54, 1.807) is 6.07 Å². The number of rotatable bonds is 5. The Bertz CT molecular complexity index is 1200. The predicted molar refractivity (Wildman–Crippen MR) is 114 cm³/mol. The van der Waals surface area contributed by atoms with E-state index in [1.807, 2.05) is 66.7 Å². The Labute approximate surface area is 169 Å². The molecule has 4 rings (SSSR count). The zero-order chi connectivity index (χ0) is 20.4. The first kappa shape index (κ1) is 19.1. The molecule has 4 aromatic carbocycles. The van der Waals surface area contributed by atoms with Gasteiger partial charge in [-0.15, -0.1) is 0 Å². The number of carbonyl (C=O) groups is 1. The molecule has 1 atom stereocenters. The Balaban J connectivity index is 2.00. The number of carbonyl (C=O) groups excluding carboxylic acids is 1. The van der Waals surface area contributed by atoms with Crippen molar-refractivity contribution in [1.82, 2.24) is 0 Å². The van der Waals surface area contributed by atoms with Crippen molar-refractivity contribution in [3.8, 4) is 0 Å². The second-order valence-electron chi connectivity index (χ2n) is 6.92. The molecule has 0 bridgehead atoms. The number of fused-ring (bicyclic) bond motifs is 2. The lowest BCUT2D eigenvalue weighted by Gasteiger charge is -2.19. The van der Waals surface area contributed by atoms with E-state index in [-0.39, 0.29) is 5.97 Å². The van der Waals surface area contributed by atoms with Crippen LogP contribution in [0.5, 0.6) is 0 Å². The van der Waals surface area contributed by atoms with Gasteiger partial charge in [-0.25, -0.2) is 4.79 Å². The highest BCUT2D eigenvalue weighted by molar-refractivity contribution is 5.99. The normalized spacial score (nSPS) is 12.2. The van der Waals surface area contributed by atoms with Crippen molar-refractivity contribution in [2.45, 2.75) is 12.7 Å². The number of hydrogen-bond donors (Lipinski definition) is 1. The maximum absolute atomic E-state index is 12.5. The SMILES string of the molecule is COC(=O)c1ccc2ccccc2c1Cc1c(C(O)OC)ccc2ccccc12. The van der Waals surface area contributed by atoms with Crippen LogP contribution in [0.15, 0.2) is 72.8 Å². The average molecular weight is 386 g/mol. The highest BCUT2D eigenvalue weighted by atomic mass is 16.6. The number of hydrogen-bond acceptors (Lipinski definition) is 4. The zero-order valence-corrected chi connectivity index (χ0v) is 16.4. The average Bonchev–Trinajstić information content (AvgIpc) is 2.78. The van der Waals surface area contributed by atoms with Crippen LogP contribution in [0.1, 0.15) is 33.3 Å². The monoisotopic (exact) mass is 386 g/mol. The van der Waals surface area contributed by atoms with Gasteiger partial charge >= 0.3 is 5.97 Å². The number of ether oxygens (including phenoxy) is 2. The maximum atomic E-state index is 12.5. The summed E-state index contributed by atoms with van der Waals surface area (Å²) in [6.07, 6.45) is -0.589. The largest absolute Gasteiger partial charge is 0.465 e. The number of benzene rings is 4. The Morgan fingerprint density at radius 1 is 0.828 bits per heavy atom. The minimum absolute atomic E-state index is 0.375. The van der Waals surface area contributed by atoms with Crippen molar-refractivity contribution in [2.75, 3.05) is 14.2 Å². The smallest absolute Gasteiger partial charge is 0.338 e. The van der Waals surface area contributed by atoms with E-state index in [2.05, 4.69) is 0 Å². The number of esters is 1. The molecule has 0 saturated carbocycles. The second-order valence-corrected chi connectivity index (χ2v) is 6.92. The van der Waals surface area contributed by atoms with Crippen LogP contribution in [0.2, 0.25) is 0 Å². The van der Waals surface area contributed by atoms with Gasteiger partial charge in [-0.3, -0.25) is 0 Å². The molecule has 0 saturated heterocycles. The van der Waals surface area contributed by atoms with Gasteiger partial charge in [-0.1, -0.05) is 66.7 Å². The highest BCUT2D eigenvalue weighted by Crippen LogP contribution is 2.33. The number of methoxy groups -OCH3 is 2. The first-order valence-electron chi connectivity index (χ1n) is 9.44. The summed E-state index contributed by atoms with van der Waals surface area (Å²) >= 11 is 0. The van der Waals surface area contributed by atoms with Crippen LogP contribution >= 0.6 is 0 Å². The van der Waals surface area contributed by atoms with Gasteiger partial charge in [0.25, 0.3) is 0 Å². The molecule has 0 aliphatic heterocycles. The third-order valence-corrected chi connectivity index (χ3v) is 5.37. The van der Waals surface area contributed by atoms with Gasteiger partial charge in [0.2, 0.25) is 0 Å². The summed E-state index contributed by atoms with van der Waals surface area (Å²) < 4.78 is 10.3. The van der Waals surface area contributed by atoms with Crippen LogP contribution in [-0.2, 0) is 15.9 Å². The highest BCUT2D eigenvalue weighted by Gasteiger charge is 2.20. The number of aliphatic hydroxyl groups excluding tert-OH is 1. The minimum atomic E-state index is -1.05. The first-order chi connectivity index (χ1) is 14.1. The Morgan fingerprint density at radius 3 is 2.03 bits per heavy atom. The lowest BCUT2D eigenvalue weighted by molar-refractivity contribution is -0.0773. The molecular formula is C25H22O4. The molecule has 4 aromatic rings.